The van der Waals surface area contributed by atoms with Crippen molar-refractivity contribution in [3.63, 3.8) is 0 Å². The maximum Gasteiger partial charge on any atom is 0.410 e. The van der Waals surface area contributed by atoms with E-state index in [0.717, 1.165) is 74.9 Å². The van der Waals surface area contributed by atoms with Crippen LogP contribution in [0.2, 0.25) is 0 Å². The summed E-state index contributed by atoms with van der Waals surface area (Å²) >= 11 is 1.35. The smallest absolute Gasteiger partial charge is 0.410 e. The molecule has 2 aliphatic heterocycles. The van der Waals surface area contributed by atoms with Gasteiger partial charge in [-0.2, -0.15) is 5.26 Å². The number of oxime groups is 1. The van der Waals surface area contributed by atoms with E-state index in [0.29, 0.717) is 54.4 Å². The molecule has 3 aliphatic rings. The second-order valence-electron chi connectivity index (χ2n) is 14.9. The fourth-order valence-electron chi connectivity index (χ4n) is 7.20. The van der Waals surface area contributed by atoms with Crippen LogP contribution in [0, 0.1) is 11.3 Å². The molecule has 15 heteroatoms. The van der Waals surface area contributed by atoms with Crippen LogP contribution in [0.25, 0.3) is 0 Å². The Bertz CT molecular complexity index is 1640. The second kappa shape index (κ2) is 16.0. The van der Waals surface area contributed by atoms with E-state index < -0.39 is 17.0 Å². The zero-order valence-electron chi connectivity index (χ0n) is 30.9. The average Bonchev–Trinajstić information content (AvgIpc) is 3.32. The highest BCUT2D eigenvalue weighted by Crippen LogP contribution is 2.46. The average molecular weight is 724 g/mol. The van der Waals surface area contributed by atoms with Crippen molar-refractivity contribution in [3.05, 3.63) is 33.8 Å². The van der Waals surface area contributed by atoms with Gasteiger partial charge >= 0.3 is 12.1 Å². The van der Waals surface area contributed by atoms with Gasteiger partial charge in [0.1, 0.15) is 28.2 Å². The van der Waals surface area contributed by atoms with Crippen LogP contribution in [0.15, 0.2) is 17.3 Å². The molecule has 2 saturated heterocycles. The first-order chi connectivity index (χ1) is 24.2. The van der Waals surface area contributed by atoms with Gasteiger partial charge in [-0.05, 0) is 79.3 Å². The van der Waals surface area contributed by atoms with Gasteiger partial charge in [-0.25, -0.2) is 14.6 Å². The number of aryl methyl sites for hydroxylation is 1. The van der Waals surface area contributed by atoms with E-state index in [1.54, 1.807) is 18.9 Å². The molecule has 1 unspecified atom stereocenters. The molecule has 0 radical (unpaired) electrons. The molecule has 5 rings (SSSR count). The van der Waals surface area contributed by atoms with Crippen LogP contribution in [0.5, 0.6) is 0 Å². The lowest BCUT2D eigenvalue weighted by Crippen LogP contribution is -2.50. The first kappa shape index (κ1) is 38.1. The number of pyridine rings is 1. The molecule has 4 heterocycles. The van der Waals surface area contributed by atoms with Gasteiger partial charge in [0.2, 0.25) is 0 Å². The number of amidine groups is 1. The van der Waals surface area contributed by atoms with Gasteiger partial charge in [-0.3, -0.25) is 0 Å². The highest BCUT2D eigenvalue weighted by Gasteiger charge is 2.45. The Hall–Kier alpha value is -4.13. The molecular weight excluding hydrogens is 671 g/mol. The van der Waals surface area contributed by atoms with Crippen molar-refractivity contribution in [2.75, 3.05) is 81.6 Å². The lowest BCUT2D eigenvalue weighted by atomic mass is 9.72. The number of hydrogen-bond donors (Lipinski definition) is 2. The lowest BCUT2D eigenvalue weighted by molar-refractivity contribution is -0.150. The van der Waals surface area contributed by atoms with Crippen molar-refractivity contribution in [3.8, 4) is 6.07 Å². The van der Waals surface area contributed by atoms with Crippen LogP contribution in [0.3, 0.4) is 0 Å². The number of nitrogen functional groups attached to an aromatic ring is 1. The fraction of sp³-hybridized carbons (Fsp3) is 0.639. The van der Waals surface area contributed by atoms with E-state index >= 15 is 0 Å². The number of rotatable bonds is 9. The van der Waals surface area contributed by atoms with E-state index in [9.17, 15) is 14.9 Å². The van der Waals surface area contributed by atoms with E-state index in [1.165, 1.54) is 11.3 Å². The number of nitrogens with zero attached hydrogens (tertiary/aromatic N) is 7. The normalized spacial score (nSPS) is 21.9. The van der Waals surface area contributed by atoms with Crippen molar-refractivity contribution < 1.29 is 23.9 Å². The maximum atomic E-state index is 13.7. The van der Waals surface area contributed by atoms with Gasteiger partial charge in [0.25, 0.3) is 0 Å². The number of amides is 1. The lowest BCUT2D eigenvalue weighted by Gasteiger charge is -2.37. The molecule has 4 N–H and O–H groups in total. The number of piperazine rings is 1. The second-order valence-corrected chi connectivity index (χ2v) is 16.0. The maximum absolute atomic E-state index is 13.7. The summed E-state index contributed by atoms with van der Waals surface area (Å²) in [5.41, 5.74) is 13.3. The van der Waals surface area contributed by atoms with Crippen molar-refractivity contribution in [2.45, 2.75) is 83.8 Å². The number of methoxy groups -OCH3 is 1. The van der Waals surface area contributed by atoms with Gasteiger partial charge in [0, 0.05) is 87.8 Å². The van der Waals surface area contributed by atoms with E-state index in [4.69, 9.17) is 30.8 Å². The Morgan fingerprint density at radius 2 is 1.90 bits per heavy atom. The molecule has 1 aliphatic carbocycles. The van der Waals surface area contributed by atoms with Gasteiger partial charge in [0.15, 0.2) is 5.84 Å². The molecule has 51 heavy (non-hydrogen) atoms. The molecule has 2 aromatic heterocycles. The molecule has 0 bridgehead atoms. The number of anilines is 3. The molecule has 2 atom stereocenters. The quantitative estimate of drug-likeness (QED) is 0.125. The van der Waals surface area contributed by atoms with Crippen molar-refractivity contribution in [1.29, 1.82) is 5.26 Å². The van der Waals surface area contributed by atoms with Crippen LogP contribution < -0.4 is 21.3 Å². The molecular formula is C36H53N9O5S. The highest BCUT2D eigenvalue weighted by molar-refractivity contribution is 7.16. The first-order valence-corrected chi connectivity index (χ1v) is 18.7. The van der Waals surface area contributed by atoms with Crippen LogP contribution in [-0.4, -0.2) is 110 Å². The number of ether oxygens (including phenoxy) is 2. The minimum Gasteiger partial charge on any atom is -0.444 e. The minimum atomic E-state index is -1.08. The number of nitrogens with two attached hydrogens (primary N) is 2. The predicted octanol–water partition coefficient (Wildman–Crippen LogP) is 4.05. The number of thiophene rings is 1. The number of carbonyl (C=O) groups is 2. The van der Waals surface area contributed by atoms with Crippen LogP contribution in [0.4, 0.5) is 21.3 Å². The Morgan fingerprint density at radius 3 is 2.59 bits per heavy atom. The molecule has 0 spiro atoms. The third-order valence-electron chi connectivity index (χ3n) is 9.83. The zero-order valence-corrected chi connectivity index (χ0v) is 31.7. The predicted molar refractivity (Wildman–Crippen MR) is 199 cm³/mol. The molecule has 0 saturated carbocycles. The van der Waals surface area contributed by atoms with E-state index in [-0.39, 0.29) is 18.0 Å². The van der Waals surface area contributed by atoms with Gasteiger partial charge in [0.05, 0.1) is 11.0 Å². The summed E-state index contributed by atoms with van der Waals surface area (Å²) in [5, 5.41) is 14.4. The summed E-state index contributed by atoms with van der Waals surface area (Å²) in [4.78, 5) is 46.6. The first-order valence-electron chi connectivity index (χ1n) is 17.8. The third kappa shape index (κ3) is 8.85. The zero-order chi connectivity index (χ0) is 36.9. The Balaban J connectivity index is 1.41. The summed E-state index contributed by atoms with van der Waals surface area (Å²) in [6.45, 7) is 16.1. The van der Waals surface area contributed by atoms with Crippen molar-refractivity contribution in [1.82, 2.24) is 14.8 Å². The van der Waals surface area contributed by atoms with Gasteiger partial charge in [-0.15, -0.1) is 11.3 Å². The number of nitriles is 1. The fourth-order valence-corrected chi connectivity index (χ4v) is 8.39. The molecule has 0 aromatic carbocycles. The number of hydrogen-bond acceptors (Lipinski definition) is 13. The SMILES string of the molecule is COCCCN1CCCN(c2cc(N3CCN(C(=O)OC(C)(C)C)CC3)cc(/C(N)=N/OC(=O)C3(C)CCCc4sc(N)c(C#N)c43)n2)[C@@H](C)C1. The Morgan fingerprint density at radius 1 is 1.16 bits per heavy atom. The number of fused-ring (bicyclic) bond motifs is 1. The molecule has 2 fully saturated rings. The third-order valence-corrected chi connectivity index (χ3v) is 10.9. The largest absolute Gasteiger partial charge is 0.444 e. The van der Waals surface area contributed by atoms with Gasteiger partial charge < -0.3 is 45.4 Å². The molecule has 1 amide bonds. The minimum absolute atomic E-state index is 0.0347. The topological polar surface area (TPSA) is 176 Å². The molecule has 2 aromatic rings. The summed E-state index contributed by atoms with van der Waals surface area (Å²) in [5.74, 6) is 0.126. The monoisotopic (exact) mass is 723 g/mol. The van der Waals surface area contributed by atoms with Crippen molar-refractivity contribution >= 4 is 45.7 Å². The summed E-state index contributed by atoms with van der Waals surface area (Å²) in [6.07, 6.45) is 3.63. The van der Waals surface area contributed by atoms with E-state index in [2.05, 4.69) is 38.9 Å². The van der Waals surface area contributed by atoms with Crippen LogP contribution in [-0.2, 0) is 30.9 Å². The highest BCUT2D eigenvalue weighted by atomic mass is 32.1. The molecule has 14 nitrogen and oxygen atoms in total. The Labute approximate surface area is 305 Å². The van der Waals surface area contributed by atoms with Gasteiger partial charge in [-0.1, -0.05) is 5.16 Å². The number of aromatic nitrogens is 1. The standard InChI is InChI=1S/C36H53N9O5S/c1-24-23-42(13-9-19-48-6)12-8-14-45(24)29-21-25(43-15-17-44(18-16-43)34(47)49-35(2,3)4)20-27(40-29)31(38)41-50-33(46)36(5)11-7-10-28-30(36)26(22-37)32(39)51-28/h20-21,24H,7-19,23,39H2,1-6H3,(H2,38,41)/t24-,36?/m0/s1. The summed E-state index contributed by atoms with van der Waals surface area (Å²) in [7, 11) is 1.73. The molecule has 278 valence electrons. The Kier molecular flexibility index (Phi) is 12.0. The number of carbonyl (C=O) groups excluding carboxylic acids is 2. The van der Waals surface area contributed by atoms with E-state index in [1.807, 2.05) is 26.8 Å². The van der Waals surface area contributed by atoms with Crippen molar-refractivity contribution in [2.24, 2.45) is 10.9 Å². The summed E-state index contributed by atoms with van der Waals surface area (Å²) < 4.78 is 10.9. The summed E-state index contributed by atoms with van der Waals surface area (Å²) in [6, 6.07) is 6.27. The van der Waals surface area contributed by atoms with Crippen LogP contribution in [0.1, 0.15) is 82.0 Å². The van der Waals surface area contributed by atoms with Crippen LogP contribution >= 0.6 is 11.3 Å².